The summed E-state index contributed by atoms with van der Waals surface area (Å²) in [6.45, 7) is 0. The summed E-state index contributed by atoms with van der Waals surface area (Å²) in [6.07, 6.45) is 5.93. The molecule has 0 spiro atoms. The minimum atomic E-state index is -2.07. The number of benzene rings is 1. The molecular weight excluding hydrogens is 257 g/mol. The molecule has 94 valence electrons. The second-order valence-electron chi connectivity index (χ2n) is 3.89. The summed E-state index contributed by atoms with van der Waals surface area (Å²) in [4.78, 5) is 11.0. The number of hydrogen-bond donors (Lipinski definition) is 2. The Labute approximate surface area is 109 Å². The van der Waals surface area contributed by atoms with Gasteiger partial charge in [0.25, 0.3) is 0 Å². The van der Waals surface area contributed by atoms with E-state index in [9.17, 15) is 9.18 Å². The highest BCUT2D eigenvalue weighted by atomic mass is 35.5. The molecule has 1 aromatic rings. The maximum Gasteiger partial charge on any atom is 0.337 e. The van der Waals surface area contributed by atoms with Crippen LogP contribution in [0.25, 0.3) is 0 Å². The summed E-state index contributed by atoms with van der Waals surface area (Å²) >= 11 is 5.71. The lowest BCUT2D eigenvalue weighted by molar-refractivity contribution is 0.0698. The van der Waals surface area contributed by atoms with Crippen LogP contribution in [-0.2, 0) is 0 Å². The van der Waals surface area contributed by atoms with Crippen LogP contribution in [0.3, 0.4) is 0 Å². The molecule has 0 radical (unpaired) electrons. The molecule has 0 saturated heterocycles. The number of anilines is 1. The summed E-state index contributed by atoms with van der Waals surface area (Å²) < 4.78 is 14.0. The highest BCUT2D eigenvalue weighted by Crippen LogP contribution is 2.30. The summed E-state index contributed by atoms with van der Waals surface area (Å²) in [7, 11) is 0. The Kier molecular flexibility index (Phi) is 3.39. The number of carboxylic acids is 1. The van der Waals surface area contributed by atoms with Crippen molar-refractivity contribution in [1.82, 2.24) is 0 Å². The molecule has 1 aliphatic rings. The predicted molar refractivity (Wildman–Crippen MR) is 68.8 cm³/mol. The van der Waals surface area contributed by atoms with Gasteiger partial charge < -0.3 is 10.4 Å². The Morgan fingerprint density at radius 1 is 1.39 bits per heavy atom. The van der Waals surface area contributed by atoms with Crippen LogP contribution in [0.4, 0.5) is 10.1 Å². The van der Waals surface area contributed by atoms with Gasteiger partial charge in [-0.1, -0.05) is 42.0 Å². The third kappa shape index (κ3) is 2.54. The maximum absolute atomic E-state index is 14.0. The van der Waals surface area contributed by atoms with E-state index < -0.39 is 17.1 Å². The highest BCUT2D eigenvalue weighted by Gasteiger charge is 2.34. The second-order valence-corrected chi connectivity index (χ2v) is 4.47. The smallest absolute Gasteiger partial charge is 0.337 e. The molecule has 1 aliphatic carbocycles. The first kappa shape index (κ1) is 12.6. The van der Waals surface area contributed by atoms with Gasteiger partial charge in [0.1, 0.15) is 0 Å². The van der Waals surface area contributed by atoms with Crippen molar-refractivity contribution < 1.29 is 14.3 Å². The molecule has 1 aromatic carbocycles. The molecule has 0 heterocycles. The van der Waals surface area contributed by atoms with Gasteiger partial charge in [0.15, 0.2) is 0 Å². The molecule has 0 fully saturated rings. The van der Waals surface area contributed by atoms with Crippen molar-refractivity contribution in [3.63, 3.8) is 0 Å². The number of rotatable bonds is 3. The molecular formula is C13H11ClFNO2. The van der Waals surface area contributed by atoms with Crippen molar-refractivity contribution in [1.29, 1.82) is 0 Å². The van der Waals surface area contributed by atoms with E-state index >= 15 is 0 Å². The molecule has 0 aromatic heterocycles. The Hall–Kier alpha value is -1.81. The van der Waals surface area contributed by atoms with Gasteiger partial charge in [-0.3, -0.25) is 0 Å². The largest absolute Gasteiger partial charge is 0.478 e. The normalized spacial score (nSPS) is 26.0. The van der Waals surface area contributed by atoms with Crippen LogP contribution < -0.4 is 5.32 Å². The molecule has 3 nitrogen and oxygen atoms in total. The van der Waals surface area contributed by atoms with Gasteiger partial charge in [-0.25, -0.2) is 9.18 Å². The Balaban J connectivity index is 2.27. The van der Waals surface area contributed by atoms with Gasteiger partial charge in [0.2, 0.25) is 5.13 Å². The fourth-order valence-electron chi connectivity index (χ4n) is 1.70. The van der Waals surface area contributed by atoms with Crippen molar-refractivity contribution >= 4 is 23.3 Å². The monoisotopic (exact) mass is 267 g/mol. The van der Waals surface area contributed by atoms with Crippen LogP contribution >= 0.6 is 11.6 Å². The lowest BCUT2D eigenvalue weighted by atomic mass is 10.0. The summed E-state index contributed by atoms with van der Waals surface area (Å²) in [5.74, 6) is -1.08. The fraction of sp³-hybridized carbons (Fsp3) is 0.154. The number of hydrogen-bond acceptors (Lipinski definition) is 2. The van der Waals surface area contributed by atoms with Gasteiger partial charge >= 0.3 is 5.97 Å². The Morgan fingerprint density at radius 3 is 2.78 bits per heavy atom. The summed E-state index contributed by atoms with van der Waals surface area (Å²) in [6, 6.07) is 5.48. The Bertz CT molecular complexity index is 525. The molecule has 2 unspecified atom stereocenters. The van der Waals surface area contributed by atoms with E-state index in [0.717, 1.165) is 0 Å². The molecule has 0 aliphatic heterocycles. The van der Waals surface area contributed by atoms with Crippen molar-refractivity contribution in [2.24, 2.45) is 0 Å². The molecule has 2 rings (SSSR count). The van der Waals surface area contributed by atoms with Crippen molar-refractivity contribution in [3.8, 4) is 0 Å². The van der Waals surface area contributed by atoms with Gasteiger partial charge in [0, 0.05) is 5.69 Å². The number of para-hydroxylation sites is 1. The number of halogens is 2. The SMILES string of the molecule is O=C(O)c1ccccc1NC1C=CC=CC1(F)Cl. The first-order valence-corrected chi connectivity index (χ1v) is 5.71. The van der Waals surface area contributed by atoms with Crippen molar-refractivity contribution in [2.45, 2.75) is 11.2 Å². The van der Waals surface area contributed by atoms with Gasteiger partial charge in [-0.15, -0.1) is 0 Å². The average molecular weight is 268 g/mol. The third-order valence-corrected chi connectivity index (χ3v) is 2.98. The topological polar surface area (TPSA) is 49.3 Å². The number of carbonyl (C=O) groups is 1. The van der Waals surface area contributed by atoms with Crippen molar-refractivity contribution in [3.05, 3.63) is 54.1 Å². The predicted octanol–water partition coefficient (Wildman–Crippen LogP) is 3.20. The molecule has 5 heteroatoms. The molecule has 0 bridgehead atoms. The van der Waals surface area contributed by atoms with E-state index in [2.05, 4.69) is 5.32 Å². The molecule has 2 atom stereocenters. The number of allylic oxidation sites excluding steroid dienone is 2. The van der Waals surface area contributed by atoms with Crippen LogP contribution in [0.1, 0.15) is 10.4 Å². The lowest BCUT2D eigenvalue weighted by Crippen LogP contribution is -2.37. The van der Waals surface area contributed by atoms with Gasteiger partial charge in [0.05, 0.1) is 11.6 Å². The average Bonchev–Trinajstić information content (AvgIpc) is 2.32. The first-order chi connectivity index (χ1) is 8.50. The van der Waals surface area contributed by atoms with E-state index in [1.54, 1.807) is 30.4 Å². The fourth-order valence-corrected chi connectivity index (χ4v) is 1.90. The van der Waals surface area contributed by atoms with Crippen LogP contribution in [0, 0.1) is 0 Å². The second kappa shape index (κ2) is 4.82. The minimum Gasteiger partial charge on any atom is -0.478 e. The van der Waals surface area contributed by atoms with Crippen molar-refractivity contribution in [2.75, 3.05) is 5.32 Å². The van der Waals surface area contributed by atoms with E-state index in [-0.39, 0.29) is 5.56 Å². The standard InChI is InChI=1S/C13H11ClFNO2/c14-13(15)8-4-3-7-11(13)16-10-6-2-1-5-9(10)12(17)18/h1-8,11,16H,(H,17,18). The van der Waals surface area contributed by atoms with E-state index in [1.807, 2.05) is 0 Å². The summed E-state index contributed by atoms with van der Waals surface area (Å²) in [5, 5.41) is 9.75. The third-order valence-electron chi connectivity index (χ3n) is 2.62. The number of aromatic carboxylic acids is 1. The number of carboxylic acid groups (broad SMARTS) is 1. The molecule has 0 amide bonds. The summed E-state index contributed by atoms with van der Waals surface area (Å²) in [5.41, 5.74) is 0.408. The first-order valence-electron chi connectivity index (χ1n) is 5.33. The zero-order valence-corrected chi connectivity index (χ0v) is 10.1. The van der Waals surface area contributed by atoms with E-state index in [1.165, 1.54) is 18.2 Å². The van der Waals surface area contributed by atoms with Crippen LogP contribution in [0.2, 0.25) is 0 Å². The van der Waals surface area contributed by atoms with Crippen LogP contribution in [0.5, 0.6) is 0 Å². The van der Waals surface area contributed by atoms with Crippen LogP contribution in [-0.4, -0.2) is 22.2 Å². The quantitative estimate of drug-likeness (QED) is 0.827. The maximum atomic E-state index is 14.0. The zero-order chi connectivity index (χ0) is 13.2. The van der Waals surface area contributed by atoms with Gasteiger partial charge in [-0.05, 0) is 18.2 Å². The molecule has 2 N–H and O–H groups in total. The van der Waals surface area contributed by atoms with Gasteiger partial charge in [-0.2, -0.15) is 0 Å². The molecule has 0 saturated carbocycles. The number of alkyl halides is 2. The number of nitrogens with one attached hydrogen (secondary N) is 1. The van der Waals surface area contributed by atoms with E-state index in [4.69, 9.17) is 16.7 Å². The highest BCUT2D eigenvalue weighted by molar-refractivity contribution is 6.25. The Morgan fingerprint density at radius 2 is 2.11 bits per heavy atom. The lowest BCUT2D eigenvalue weighted by Gasteiger charge is -2.27. The van der Waals surface area contributed by atoms with E-state index in [0.29, 0.717) is 5.69 Å². The minimum absolute atomic E-state index is 0.0768. The van der Waals surface area contributed by atoms with Crippen LogP contribution in [0.15, 0.2) is 48.6 Å². The molecule has 18 heavy (non-hydrogen) atoms. The zero-order valence-electron chi connectivity index (χ0n) is 9.31.